The zero-order chi connectivity index (χ0) is 12.6. The number of hydrogen-bond acceptors (Lipinski definition) is 3. The van der Waals surface area contributed by atoms with Crippen LogP contribution in [-0.2, 0) is 0 Å². The maximum absolute atomic E-state index is 12.1. The van der Waals surface area contributed by atoms with Crippen molar-refractivity contribution in [1.29, 1.82) is 0 Å². The monoisotopic (exact) mass is 246 g/mol. The van der Waals surface area contributed by atoms with Crippen LogP contribution in [0.1, 0.15) is 28.8 Å². The third-order valence-corrected chi connectivity index (χ3v) is 3.79. The molecule has 0 bridgehead atoms. The fourth-order valence-corrected chi connectivity index (χ4v) is 2.68. The van der Waals surface area contributed by atoms with E-state index >= 15 is 0 Å². The van der Waals surface area contributed by atoms with Gasteiger partial charge >= 0.3 is 0 Å². The molecule has 3 rings (SSSR count). The van der Waals surface area contributed by atoms with Gasteiger partial charge in [0, 0.05) is 12.8 Å². The van der Waals surface area contributed by atoms with Crippen molar-refractivity contribution in [3.63, 3.8) is 0 Å². The van der Waals surface area contributed by atoms with Gasteiger partial charge in [-0.1, -0.05) is 11.6 Å². The van der Waals surface area contributed by atoms with Crippen LogP contribution in [0, 0.1) is 6.92 Å². The largest absolute Gasteiger partial charge is 0.485 e. The molecule has 2 N–H and O–H groups in total. The first-order valence-corrected chi connectivity index (χ1v) is 6.47. The lowest BCUT2D eigenvalue weighted by molar-refractivity contribution is 0.0414. The molecular weight excluding hydrogens is 228 g/mol. The first kappa shape index (κ1) is 11.5. The van der Waals surface area contributed by atoms with Crippen LogP contribution in [-0.4, -0.2) is 31.1 Å². The second-order valence-electron chi connectivity index (χ2n) is 5.22. The Kier molecular flexibility index (Phi) is 2.74. The van der Waals surface area contributed by atoms with Gasteiger partial charge in [0.15, 0.2) is 0 Å². The van der Waals surface area contributed by atoms with Crippen LogP contribution in [0.5, 0.6) is 5.75 Å². The Labute approximate surface area is 107 Å². The summed E-state index contributed by atoms with van der Waals surface area (Å²) in [6, 6.07) is 5.80. The molecule has 1 amide bonds. The molecule has 18 heavy (non-hydrogen) atoms. The van der Waals surface area contributed by atoms with Crippen LogP contribution in [0.3, 0.4) is 0 Å². The Morgan fingerprint density at radius 2 is 2.06 bits per heavy atom. The number of aryl methyl sites for hydroxylation is 1. The van der Waals surface area contributed by atoms with Gasteiger partial charge in [0.05, 0.1) is 12.1 Å². The van der Waals surface area contributed by atoms with Gasteiger partial charge in [-0.2, -0.15) is 0 Å². The number of rotatable bonds is 0. The van der Waals surface area contributed by atoms with E-state index in [-0.39, 0.29) is 11.5 Å². The van der Waals surface area contributed by atoms with Gasteiger partial charge in [-0.25, -0.2) is 0 Å². The molecule has 1 aromatic rings. The Balaban J connectivity index is 1.98. The van der Waals surface area contributed by atoms with Crippen LogP contribution < -0.4 is 15.4 Å². The molecular formula is C14H18N2O2. The van der Waals surface area contributed by atoms with E-state index in [2.05, 4.69) is 10.6 Å². The van der Waals surface area contributed by atoms with Crippen molar-refractivity contribution >= 4 is 5.91 Å². The van der Waals surface area contributed by atoms with E-state index in [1.807, 2.05) is 25.1 Å². The van der Waals surface area contributed by atoms with Gasteiger partial charge < -0.3 is 15.4 Å². The van der Waals surface area contributed by atoms with Gasteiger partial charge in [0.1, 0.15) is 11.4 Å². The molecule has 4 heteroatoms. The molecule has 1 spiro atoms. The van der Waals surface area contributed by atoms with Crippen LogP contribution in [0.2, 0.25) is 0 Å². The van der Waals surface area contributed by atoms with E-state index in [4.69, 9.17) is 4.74 Å². The summed E-state index contributed by atoms with van der Waals surface area (Å²) in [5, 5.41) is 6.33. The summed E-state index contributed by atoms with van der Waals surface area (Å²) in [6.07, 6.45) is 1.86. The fourth-order valence-electron chi connectivity index (χ4n) is 2.68. The number of nitrogens with one attached hydrogen (secondary N) is 2. The van der Waals surface area contributed by atoms with Crippen LogP contribution >= 0.6 is 0 Å². The lowest BCUT2D eigenvalue weighted by atomic mass is 9.92. The number of amides is 1. The highest BCUT2D eigenvalue weighted by molar-refractivity contribution is 5.97. The smallest absolute Gasteiger partial charge is 0.255 e. The average Bonchev–Trinajstić information content (AvgIpc) is 2.50. The Bertz CT molecular complexity index is 479. The number of benzene rings is 1. The number of piperidine rings is 1. The van der Waals surface area contributed by atoms with Gasteiger partial charge in [-0.15, -0.1) is 0 Å². The molecule has 0 radical (unpaired) electrons. The van der Waals surface area contributed by atoms with Gasteiger partial charge in [0.2, 0.25) is 0 Å². The summed E-state index contributed by atoms with van der Waals surface area (Å²) >= 11 is 0. The molecule has 1 aromatic carbocycles. The molecule has 0 aliphatic carbocycles. The SMILES string of the molecule is Cc1ccc2c(c1)C(=O)NCC1(CCNCC1)O2. The number of ether oxygens (including phenoxy) is 1. The van der Waals surface area contributed by atoms with E-state index in [9.17, 15) is 4.79 Å². The van der Waals surface area contributed by atoms with Crippen molar-refractivity contribution in [3.8, 4) is 5.75 Å². The average molecular weight is 246 g/mol. The van der Waals surface area contributed by atoms with E-state index in [1.54, 1.807) is 0 Å². The van der Waals surface area contributed by atoms with Crippen molar-refractivity contribution in [2.45, 2.75) is 25.4 Å². The zero-order valence-electron chi connectivity index (χ0n) is 10.6. The minimum absolute atomic E-state index is 0.0240. The van der Waals surface area contributed by atoms with Gasteiger partial charge in [-0.05, 0) is 32.1 Å². The molecule has 0 aromatic heterocycles. The molecule has 0 saturated carbocycles. The minimum atomic E-state index is -0.235. The lowest BCUT2D eigenvalue weighted by Gasteiger charge is -2.36. The van der Waals surface area contributed by atoms with Crippen molar-refractivity contribution in [2.75, 3.05) is 19.6 Å². The van der Waals surface area contributed by atoms with E-state index in [0.29, 0.717) is 12.1 Å². The normalized spacial score (nSPS) is 21.7. The fraction of sp³-hybridized carbons (Fsp3) is 0.500. The third-order valence-electron chi connectivity index (χ3n) is 3.79. The molecule has 2 aliphatic heterocycles. The van der Waals surface area contributed by atoms with E-state index in [1.165, 1.54) is 0 Å². The summed E-state index contributed by atoms with van der Waals surface area (Å²) in [5.74, 6) is 0.696. The summed E-state index contributed by atoms with van der Waals surface area (Å²) in [7, 11) is 0. The van der Waals surface area contributed by atoms with Crippen molar-refractivity contribution in [3.05, 3.63) is 29.3 Å². The number of hydrogen-bond donors (Lipinski definition) is 2. The second kappa shape index (κ2) is 4.28. The molecule has 2 aliphatic rings. The van der Waals surface area contributed by atoms with Crippen LogP contribution in [0.15, 0.2) is 18.2 Å². The van der Waals surface area contributed by atoms with Gasteiger partial charge in [0.25, 0.3) is 5.91 Å². The van der Waals surface area contributed by atoms with Crippen LogP contribution in [0.25, 0.3) is 0 Å². The Morgan fingerprint density at radius 1 is 1.28 bits per heavy atom. The predicted molar refractivity (Wildman–Crippen MR) is 69.0 cm³/mol. The first-order chi connectivity index (χ1) is 8.69. The maximum atomic E-state index is 12.1. The highest BCUT2D eigenvalue weighted by Crippen LogP contribution is 2.31. The standard InChI is InChI=1S/C14H18N2O2/c1-10-2-3-12-11(8-10)13(17)16-9-14(18-12)4-6-15-7-5-14/h2-3,8,15H,4-7,9H2,1H3,(H,16,17). The molecule has 0 atom stereocenters. The van der Waals surface area contributed by atoms with Gasteiger partial charge in [-0.3, -0.25) is 4.79 Å². The molecule has 1 fully saturated rings. The quantitative estimate of drug-likeness (QED) is 0.724. The number of fused-ring (bicyclic) bond motifs is 1. The van der Waals surface area contributed by atoms with Crippen molar-refractivity contribution in [2.24, 2.45) is 0 Å². The van der Waals surface area contributed by atoms with Crippen molar-refractivity contribution in [1.82, 2.24) is 10.6 Å². The summed E-state index contributed by atoms with van der Waals surface area (Å²) in [6.45, 7) is 4.47. The lowest BCUT2D eigenvalue weighted by Crippen LogP contribution is -2.52. The minimum Gasteiger partial charge on any atom is -0.485 e. The highest BCUT2D eigenvalue weighted by Gasteiger charge is 2.37. The molecule has 2 heterocycles. The topological polar surface area (TPSA) is 50.4 Å². The van der Waals surface area contributed by atoms with E-state index < -0.39 is 0 Å². The molecule has 96 valence electrons. The summed E-state index contributed by atoms with van der Waals surface area (Å²) in [5.41, 5.74) is 1.50. The van der Waals surface area contributed by atoms with E-state index in [0.717, 1.165) is 37.2 Å². The van der Waals surface area contributed by atoms with Crippen LogP contribution in [0.4, 0.5) is 0 Å². The zero-order valence-corrected chi connectivity index (χ0v) is 10.6. The second-order valence-corrected chi connectivity index (χ2v) is 5.22. The molecule has 4 nitrogen and oxygen atoms in total. The number of carbonyl (C=O) groups excluding carboxylic acids is 1. The highest BCUT2D eigenvalue weighted by atomic mass is 16.5. The third kappa shape index (κ3) is 1.97. The number of carbonyl (C=O) groups is 1. The molecule has 1 saturated heterocycles. The predicted octanol–water partition coefficient (Wildman–Crippen LogP) is 1.24. The van der Waals surface area contributed by atoms with Crippen molar-refractivity contribution < 1.29 is 9.53 Å². The Hall–Kier alpha value is -1.55. The Morgan fingerprint density at radius 3 is 2.83 bits per heavy atom. The summed E-state index contributed by atoms with van der Waals surface area (Å²) < 4.78 is 6.19. The first-order valence-electron chi connectivity index (χ1n) is 6.47. The maximum Gasteiger partial charge on any atom is 0.255 e. The summed E-state index contributed by atoms with van der Waals surface area (Å²) in [4.78, 5) is 12.1. The molecule has 0 unspecified atom stereocenters.